The van der Waals surface area contributed by atoms with Crippen LogP contribution in [0, 0.1) is 6.57 Å². The molecule has 0 aliphatic carbocycles. The van der Waals surface area contributed by atoms with Crippen molar-refractivity contribution in [2.45, 2.75) is 6.61 Å². The number of rotatable bonds is 1. The van der Waals surface area contributed by atoms with E-state index in [0.29, 0.717) is 5.69 Å². The van der Waals surface area contributed by atoms with Crippen molar-refractivity contribution in [2.75, 3.05) is 0 Å². The molecular formula is C8H7NO. The Morgan fingerprint density at radius 1 is 1.30 bits per heavy atom. The van der Waals surface area contributed by atoms with Gasteiger partial charge in [0.15, 0.2) is 5.69 Å². The minimum atomic E-state index is 0.0400. The molecule has 10 heavy (non-hydrogen) atoms. The number of aliphatic hydroxyl groups is 1. The lowest BCUT2D eigenvalue weighted by Crippen LogP contribution is -1.78. The van der Waals surface area contributed by atoms with E-state index in [0.717, 1.165) is 5.56 Å². The Morgan fingerprint density at radius 3 is 2.30 bits per heavy atom. The summed E-state index contributed by atoms with van der Waals surface area (Å²) in [6, 6.07) is 6.87. The topological polar surface area (TPSA) is 24.6 Å². The maximum Gasteiger partial charge on any atom is 0.187 e. The molecule has 50 valence electrons. The second kappa shape index (κ2) is 3.00. The summed E-state index contributed by atoms with van der Waals surface area (Å²) in [5.41, 5.74) is 1.45. The Balaban J connectivity index is 2.93. The first-order valence-corrected chi connectivity index (χ1v) is 2.94. The molecule has 0 saturated heterocycles. The van der Waals surface area contributed by atoms with Gasteiger partial charge in [0.2, 0.25) is 0 Å². The van der Waals surface area contributed by atoms with Gasteiger partial charge >= 0.3 is 0 Å². The number of aliphatic hydroxyl groups excluding tert-OH is 1. The molecule has 2 heteroatoms. The molecule has 0 unspecified atom stereocenters. The Kier molecular flexibility index (Phi) is 2.03. The van der Waals surface area contributed by atoms with Crippen molar-refractivity contribution in [3.8, 4) is 0 Å². The van der Waals surface area contributed by atoms with E-state index in [1.54, 1.807) is 24.3 Å². The average Bonchev–Trinajstić information content (AvgIpc) is 2.05. The zero-order valence-electron chi connectivity index (χ0n) is 5.41. The molecule has 0 heterocycles. The number of benzene rings is 1. The minimum absolute atomic E-state index is 0.0400. The predicted molar refractivity (Wildman–Crippen MR) is 38.6 cm³/mol. The van der Waals surface area contributed by atoms with Gasteiger partial charge in [-0.3, -0.25) is 0 Å². The van der Waals surface area contributed by atoms with Crippen LogP contribution in [0.3, 0.4) is 0 Å². The third-order valence-electron chi connectivity index (χ3n) is 1.25. The van der Waals surface area contributed by atoms with Gasteiger partial charge in [0.25, 0.3) is 0 Å². The van der Waals surface area contributed by atoms with Crippen LogP contribution in [0.4, 0.5) is 5.69 Å². The molecule has 2 nitrogen and oxygen atoms in total. The molecule has 0 saturated carbocycles. The van der Waals surface area contributed by atoms with E-state index < -0.39 is 0 Å². The van der Waals surface area contributed by atoms with Crippen molar-refractivity contribution < 1.29 is 5.11 Å². The fourth-order valence-corrected chi connectivity index (χ4v) is 0.676. The van der Waals surface area contributed by atoms with Crippen LogP contribution < -0.4 is 0 Å². The molecule has 1 rings (SSSR count). The maximum absolute atomic E-state index is 8.62. The Morgan fingerprint density at radius 2 is 1.90 bits per heavy atom. The summed E-state index contributed by atoms with van der Waals surface area (Å²) < 4.78 is 0. The van der Waals surface area contributed by atoms with Gasteiger partial charge in [-0.05, 0) is 5.56 Å². The first-order valence-electron chi connectivity index (χ1n) is 2.94. The fourth-order valence-electron chi connectivity index (χ4n) is 0.676. The highest BCUT2D eigenvalue weighted by Crippen LogP contribution is 2.11. The molecule has 0 radical (unpaired) electrons. The molecule has 0 spiro atoms. The van der Waals surface area contributed by atoms with Gasteiger partial charge < -0.3 is 5.11 Å². The van der Waals surface area contributed by atoms with Crippen molar-refractivity contribution in [1.29, 1.82) is 0 Å². The van der Waals surface area contributed by atoms with Crippen LogP contribution in [-0.2, 0) is 6.61 Å². The van der Waals surface area contributed by atoms with Gasteiger partial charge in [0.1, 0.15) is 0 Å². The molecule has 1 aromatic carbocycles. The van der Waals surface area contributed by atoms with Gasteiger partial charge in [-0.1, -0.05) is 24.3 Å². The van der Waals surface area contributed by atoms with Crippen LogP contribution in [-0.4, -0.2) is 5.11 Å². The monoisotopic (exact) mass is 133 g/mol. The second-order valence-corrected chi connectivity index (χ2v) is 1.94. The molecule has 0 amide bonds. The Hall–Kier alpha value is -1.33. The van der Waals surface area contributed by atoms with Crippen LogP contribution in [0.15, 0.2) is 24.3 Å². The van der Waals surface area contributed by atoms with Crippen molar-refractivity contribution in [1.82, 2.24) is 0 Å². The van der Waals surface area contributed by atoms with E-state index in [9.17, 15) is 0 Å². The summed E-state index contributed by atoms with van der Waals surface area (Å²) in [5.74, 6) is 0. The van der Waals surface area contributed by atoms with Gasteiger partial charge in [-0.2, -0.15) is 0 Å². The molecule has 1 aromatic rings. The molecule has 0 atom stereocenters. The molecular weight excluding hydrogens is 126 g/mol. The third-order valence-corrected chi connectivity index (χ3v) is 1.25. The van der Waals surface area contributed by atoms with E-state index >= 15 is 0 Å². The smallest absolute Gasteiger partial charge is 0.187 e. The van der Waals surface area contributed by atoms with E-state index in [4.69, 9.17) is 11.7 Å². The largest absolute Gasteiger partial charge is 0.392 e. The summed E-state index contributed by atoms with van der Waals surface area (Å²) in [6.07, 6.45) is 0. The predicted octanol–water partition coefficient (Wildman–Crippen LogP) is 1.73. The van der Waals surface area contributed by atoms with Crippen molar-refractivity contribution in [2.24, 2.45) is 0 Å². The fraction of sp³-hybridized carbons (Fsp3) is 0.125. The summed E-state index contributed by atoms with van der Waals surface area (Å²) in [4.78, 5) is 3.21. The zero-order valence-corrected chi connectivity index (χ0v) is 5.41. The van der Waals surface area contributed by atoms with Gasteiger partial charge in [0.05, 0.1) is 13.2 Å². The number of nitrogens with zero attached hydrogens (tertiary/aromatic N) is 1. The summed E-state index contributed by atoms with van der Waals surface area (Å²) in [6.45, 7) is 6.67. The summed E-state index contributed by atoms with van der Waals surface area (Å²) in [5, 5.41) is 8.62. The number of hydrogen-bond donors (Lipinski definition) is 1. The lowest BCUT2D eigenvalue weighted by atomic mass is 10.2. The third kappa shape index (κ3) is 1.34. The molecule has 0 aliphatic rings. The molecule has 1 N–H and O–H groups in total. The first-order chi connectivity index (χ1) is 4.86. The maximum atomic E-state index is 8.62. The van der Waals surface area contributed by atoms with Crippen molar-refractivity contribution >= 4 is 5.69 Å². The second-order valence-electron chi connectivity index (χ2n) is 1.94. The molecule has 0 fully saturated rings. The summed E-state index contributed by atoms with van der Waals surface area (Å²) >= 11 is 0. The quantitative estimate of drug-likeness (QED) is 0.580. The highest BCUT2D eigenvalue weighted by atomic mass is 16.3. The van der Waals surface area contributed by atoms with E-state index in [-0.39, 0.29) is 6.61 Å². The summed E-state index contributed by atoms with van der Waals surface area (Å²) in [7, 11) is 0. The average molecular weight is 133 g/mol. The standard InChI is InChI=1S/C8H7NO/c1-9-8-4-2-7(6-10)3-5-8/h2-5,10H,6H2. The first kappa shape index (κ1) is 6.79. The van der Waals surface area contributed by atoms with E-state index in [2.05, 4.69) is 4.85 Å². The van der Waals surface area contributed by atoms with Crippen molar-refractivity contribution in [3.05, 3.63) is 41.2 Å². The number of hydrogen-bond acceptors (Lipinski definition) is 1. The SMILES string of the molecule is [C-]#[N+]c1ccc(CO)cc1. The van der Waals surface area contributed by atoms with Crippen molar-refractivity contribution in [3.63, 3.8) is 0 Å². The molecule has 0 aliphatic heterocycles. The zero-order chi connectivity index (χ0) is 7.40. The van der Waals surface area contributed by atoms with Gasteiger partial charge in [0, 0.05) is 0 Å². The minimum Gasteiger partial charge on any atom is -0.392 e. The van der Waals surface area contributed by atoms with Crippen LogP contribution in [0.1, 0.15) is 5.56 Å². The van der Waals surface area contributed by atoms with Crippen LogP contribution in [0.5, 0.6) is 0 Å². The molecule has 0 bridgehead atoms. The highest BCUT2D eigenvalue weighted by molar-refractivity contribution is 5.45. The molecule has 0 aromatic heterocycles. The Bertz CT molecular complexity index is 245. The van der Waals surface area contributed by atoms with Gasteiger partial charge in [-0.25, -0.2) is 4.85 Å². The van der Waals surface area contributed by atoms with E-state index in [1.165, 1.54) is 0 Å². The van der Waals surface area contributed by atoms with Crippen LogP contribution in [0.2, 0.25) is 0 Å². The lowest BCUT2D eigenvalue weighted by molar-refractivity contribution is 0.282. The highest BCUT2D eigenvalue weighted by Gasteiger charge is 1.89. The normalized spacial score (nSPS) is 8.80. The lowest BCUT2D eigenvalue weighted by Gasteiger charge is -1.92. The van der Waals surface area contributed by atoms with Crippen LogP contribution >= 0.6 is 0 Å². The Labute approximate surface area is 59.6 Å². The van der Waals surface area contributed by atoms with Gasteiger partial charge in [-0.15, -0.1) is 0 Å². The van der Waals surface area contributed by atoms with E-state index in [1.807, 2.05) is 0 Å². The van der Waals surface area contributed by atoms with Crippen LogP contribution in [0.25, 0.3) is 4.85 Å².